The Hall–Kier alpha value is -1.79. The third-order valence-electron chi connectivity index (χ3n) is 4.27. The average Bonchev–Trinajstić information content (AvgIpc) is 2.62. The predicted octanol–water partition coefficient (Wildman–Crippen LogP) is 1.85. The van der Waals surface area contributed by atoms with Crippen molar-refractivity contribution >= 4 is 5.91 Å². The SMILES string of the molecule is COc1ccc(C(CNC(=O)C(C)C)N2CCOCC2)cc1OC. The molecule has 6 nitrogen and oxygen atoms in total. The van der Waals surface area contributed by atoms with Gasteiger partial charge in [-0.15, -0.1) is 0 Å². The molecule has 0 aromatic heterocycles. The van der Waals surface area contributed by atoms with Crippen molar-refractivity contribution in [3.05, 3.63) is 23.8 Å². The molecule has 0 spiro atoms. The molecule has 0 bridgehead atoms. The maximum atomic E-state index is 12.0. The van der Waals surface area contributed by atoms with E-state index in [9.17, 15) is 4.79 Å². The van der Waals surface area contributed by atoms with E-state index in [0.717, 1.165) is 18.7 Å². The van der Waals surface area contributed by atoms with Crippen LogP contribution in [-0.4, -0.2) is 57.9 Å². The molecule has 2 rings (SSSR count). The third-order valence-corrected chi connectivity index (χ3v) is 4.27. The molecule has 1 atom stereocenters. The summed E-state index contributed by atoms with van der Waals surface area (Å²) in [5, 5.41) is 3.05. The zero-order valence-corrected chi connectivity index (χ0v) is 15.0. The molecule has 24 heavy (non-hydrogen) atoms. The standard InChI is InChI=1S/C18H28N2O4/c1-13(2)18(21)19-12-15(20-7-9-24-10-8-20)14-5-6-16(22-3)17(11-14)23-4/h5-6,11,13,15H,7-10,12H2,1-4H3,(H,19,21). The smallest absolute Gasteiger partial charge is 0.222 e. The van der Waals surface area contributed by atoms with E-state index in [0.29, 0.717) is 31.3 Å². The first-order valence-corrected chi connectivity index (χ1v) is 8.38. The number of carbonyl (C=O) groups excluding carboxylic acids is 1. The molecule has 1 amide bonds. The fourth-order valence-electron chi connectivity index (χ4n) is 2.81. The van der Waals surface area contributed by atoms with E-state index < -0.39 is 0 Å². The van der Waals surface area contributed by atoms with Crippen LogP contribution in [0.15, 0.2) is 18.2 Å². The highest BCUT2D eigenvalue weighted by atomic mass is 16.5. The molecule has 1 unspecified atom stereocenters. The van der Waals surface area contributed by atoms with Crippen LogP contribution in [0.1, 0.15) is 25.5 Å². The molecule has 1 aliphatic heterocycles. The molecule has 1 fully saturated rings. The van der Waals surface area contributed by atoms with Gasteiger partial charge in [0, 0.05) is 25.6 Å². The Kier molecular flexibility index (Phi) is 6.87. The van der Waals surface area contributed by atoms with E-state index in [2.05, 4.69) is 10.2 Å². The molecule has 1 N–H and O–H groups in total. The Balaban J connectivity index is 2.22. The van der Waals surface area contributed by atoms with Gasteiger partial charge >= 0.3 is 0 Å². The van der Waals surface area contributed by atoms with Crippen molar-refractivity contribution in [3.63, 3.8) is 0 Å². The van der Waals surface area contributed by atoms with Gasteiger partial charge in [-0.05, 0) is 17.7 Å². The summed E-state index contributed by atoms with van der Waals surface area (Å²) in [5.41, 5.74) is 1.10. The number of rotatable bonds is 7. The van der Waals surface area contributed by atoms with E-state index in [4.69, 9.17) is 14.2 Å². The number of nitrogens with zero attached hydrogens (tertiary/aromatic N) is 1. The van der Waals surface area contributed by atoms with Crippen LogP contribution in [0.25, 0.3) is 0 Å². The summed E-state index contributed by atoms with van der Waals surface area (Å²) in [4.78, 5) is 14.3. The lowest BCUT2D eigenvalue weighted by Crippen LogP contribution is -2.44. The summed E-state index contributed by atoms with van der Waals surface area (Å²) in [6, 6.07) is 6.01. The zero-order valence-electron chi connectivity index (χ0n) is 15.0. The average molecular weight is 336 g/mol. The molecule has 6 heteroatoms. The molecular weight excluding hydrogens is 308 g/mol. The summed E-state index contributed by atoms with van der Waals surface area (Å²) in [6.07, 6.45) is 0. The largest absolute Gasteiger partial charge is 0.493 e. The number of hydrogen-bond acceptors (Lipinski definition) is 5. The van der Waals surface area contributed by atoms with E-state index in [1.807, 2.05) is 32.0 Å². The lowest BCUT2D eigenvalue weighted by atomic mass is 10.0. The summed E-state index contributed by atoms with van der Waals surface area (Å²) < 4.78 is 16.2. The topological polar surface area (TPSA) is 60.0 Å². The number of carbonyl (C=O) groups is 1. The molecule has 1 saturated heterocycles. The van der Waals surface area contributed by atoms with E-state index in [1.54, 1.807) is 14.2 Å². The molecular formula is C18H28N2O4. The van der Waals surface area contributed by atoms with Crippen molar-refractivity contribution < 1.29 is 19.0 Å². The van der Waals surface area contributed by atoms with Crippen LogP contribution in [-0.2, 0) is 9.53 Å². The zero-order chi connectivity index (χ0) is 17.5. The van der Waals surface area contributed by atoms with Crippen molar-refractivity contribution in [2.75, 3.05) is 47.1 Å². The highest BCUT2D eigenvalue weighted by Crippen LogP contribution is 2.32. The minimum atomic E-state index is -0.0271. The van der Waals surface area contributed by atoms with Crippen LogP contribution in [0.2, 0.25) is 0 Å². The maximum Gasteiger partial charge on any atom is 0.222 e. The van der Waals surface area contributed by atoms with E-state index in [-0.39, 0.29) is 17.9 Å². The van der Waals surface area contributed by atoms with Gasteiger partial charge in [-0.1, -0.05) is 19.9 Å². The van der Waals surface area contributed by atoms with Crippen molar-refractivity contribution in [2.45, 2.75) is 19.9 Å². The first kappa shape index (κ1) is 18.5. The fraction of sp³-hybridized carbons (Fsp3) is 0.611. The van der Waals surface area contributed by atoms with Crippen molar-refractivity contribution in [3.8, 4) is 11.5 Å². The van der Waals surface area contributed by atoms with Gasteiger partial charge < -0.3 is 19.5 Å². The Morgan fingerprint density at radius 1 is 1.21 bits per heavy atom. The minimum Gasteiger partial charge on any atom is -0.493 e. The predicted molar refractivity (Wildman–Crippen MR) is 92.5 cm³/mol. The van der Waals surface area contributed by atoms with Gasteiger partial charge in [-0.25, -0.2) is 0 Å². The van der Waals surface area contributed by atoms with Crippen molar-refractivity contribution in [1.82, 2.24) is 10.2 Å². The number of ether oxygens (including phenoxy) is 3. The van der Waals surface area contributed by atoms with Gasteiger partial charge in [0.1, 0.15) is 0 Å². The van der Waals surface area contributed by atoms with Gasteiger partial charge in [-0.2, -0.15) is 0 Å². The van der Waals surface area contributed by atoms with Crippen molar-refractivity contribution in [1.29, 1.82) is 0 Å². The first-order chi connectivity index (χ1) is 11.6. The van der Waals surface area contributed by atoms with Crippen LogP contribution in [0.5, 0.6) is 11.5 Å². The van der Waals surface area contributed by atoms with Crippen molar-refractivity contribution in [2.24, 2.45) is 5.92 Å². The van der Waals surface area contributed by atoms with Crippen LogP contribution in [0.3, 0.4) is 0 Å². The van der Waals surface area contributed by atoms with Gasteiger partial charge in [0.2, 0.25) is 5.91 Å². The third kappa shape index (κ3) is 4.61. The molecule has 0 radical (unpaired) electrons. The van der Waals surface area contributed by atoms with Gasteiger partial charge in [0.15, 0.2) is 11.5 Å². The van der Waals surface area contributed by atoms with Gasteiger partial charge in [-0.3, -0.25) is 9.69 Å². The number of nitrogens with one attached hydrogen (secondary N) is 1. The van der Waals surface area contributed by atoms with Crippen LogP contribution >= 0.6 is 0 Å². The summed E-state index contributed by atoms with van der Waals surface area (Å²) >= 11 is 0. The first-order valence-electron chi connectivity index (χ1n) is 8.38. The molecule has 1 aromatic carbocycles. The van der Waals surface area contributed by atoms with Crippen LogP contribution in [0.4, 0.5) is 0 Å². The van der Waals surface area contributed by atoms with Crippen LogP contribution < -0.4 is 14.8 Å². The maximum absolute atomic E-state index is 12.0. The number of benzene rings is 1. The number of amides is 1. The second-order valence-electron chi connectivity index (χ2n) is 6.18. The normalized spacial score (nSPS) is 16.7. The van der Waals surface area contributed by atoms with E-state index in [1.165, 1.54) is 0 Å². The minimum absolute atomic E-state index is 0.0271. The number of morpholine rings is 1. The molecule has 134 valence electrons. The molecule has 1 aliphatic rings. The Morgan fingerprint density at radius 3 is 2.46 bits per heavy atom. The monoisotopic (exact) mass is 336 g/mol. The second kappa shape index (κ2) is 8.89. The summed E-state index contributed by atoms with van der Waals surface area (Å²) in [7, 11) is 3.26. The Labute approximate surface area is 144 Å². The quantitative estimate of drug-likeness (QED) is 0.823. The molecule has 0 saturated carbocycles. The Morgan fingerprint density at radius 2 is 1.88 bits per heavy atom. The highest BCUT2D eigenvalue weighted by Gasteiger charge is 2.24. The van der Waals surface area contributed by atoms with Gasteiger partial charge in [0.05, 0.1) is 33.5 Å². The number of hydrogen-bond donors (Lipinski definition) is 1. The summed E-state index contributed by atoms with van der Waals surface area (Å²) in [5.74, 6) is 1.44. The second-order valence-corrected chi connectivity index (χ2v) is 6.18. The highest BCUT2D eigenvalue weighted by molar-refractivity contribution is 5.77. The lowest BCUT2D eigenvalue weighted by Gasteiger charge is -2.35. The summed E-state index contributed by atoms with van der Waals surface area (Å²) in [6.45, 7) is 7.47. The van der Waals surface area contributed by atoms with Gasteiger partial charge in [0.25, 0.3) is 0 Å². The van der Waals surface area contributed by atoms with E-state index >= 15 is 0 Å². The molecule has 1 aromatic rings. The van der Waals surface area contributed by atoms with Crippen LogP contribution in [0, 0.1) is 5.92 Å². The molecule has 0 aliphatic carbocycles. The Bertz CT molecular complexity index is 542. The fourth-order valence-corrected chi connectivity index (χ4v) is 2.81. The lowest BCUT2D eigenvalue weighted by molar-refractivity contribution is -0.124. The molecule has 1 heterocycles. The number of methoxy groups -OCH3 is 2.